The van der Waals surface area contributed by atoms with Gasteiger partial charge < -0.3 is 0 Å². The van der Waals surface area contributed by atoms with Gasteiger partial charge in [-0.05, 0) is 30.8 Å². The Morgan fingerprint density at radius 2 is 1.94 bits per heavy atom. The van der Waals surface area contributed by atoms with E-state index < -0.39 is 0 Å². The summed E-state index contributed by atoms with van der Waals surface area (Å²) in [7, 11) is 0. The second-order valence-electron chi connectivity index (χ2n) is 5.82. The zero-order valence-electron chi connectivity index (χ0n) is 11.3. The summed E-state index contributed by atoms with van der Waals surface area (Å²) >= 11 is 0. The molecule has 0 aromatic rings. The van der Waals surface area contributed by atoms with Crippen molar-refractivity contribution in [1.82, 2.24) is 0 Å². The number of hydrogen-bond acceptors (Lipinski definition) is 1. The normalized spacial score (nSPS) is 17.8. The molecule has 0 bridgehead atoms. The molecule has 1 heteroatoms. The van der Waals surface area contributed by atoms with Crippen LogP contribution >= 0.6 is 0 Å². The van der Waals surface area contributed by atoms with E-state index in [0.717, 1.165) is 12.0 Å². The highest BCUT2D eigenvalue weighted by Gasteiger charge is 2.27. The Kier molecular flexibility index (Phi) is 4.12. The lowest BCUT2D eigenvalue weighted by molar-refractivity contribution is -0.116. The third kappa shape index (κ3) is 3.07. The summed E-state index contributed by atoms with van der Waals surface area (Å²) in [6.45, 7) is 10.7. The first-order valence-electron chi connectivity index (χ1n) is 6.30. The van der Waals surface area contributed by atoms with Gasteiger partial charge in [0.25, 0.3) is 0 Å². The second-order valence-corrected chi connectivity index (χ2v) is 5.82. The van der Waals surface area contributed by atoms with E-state index in [2.05, 4.69) is 40.7 Å². The van der Waals surface area contributed by atoms with Crippen LogP contribution in [0.1, 0.15) is 60.3 Å². The molecule has 0 N–H and O–H groups in total. The molecule has 0 aromatic carbocycles. The molecule has 0 unspecified atom stereocenters. The zero-order valence-corrected chi connectivity index (χ0v) is 11.3. The number of unbranched alkanes of at least 4 members (excludes halogenated alkanes) is 1. The van der Waals surface area contributed by atoms with E-state index in [4.69, 9.17) is 0 Å². The van der Waals surface area contributed by atoms with Crippen molar-refractivity contribution in [1.29, 1.82) is 0 Å². The van der Waals surface area contributed by atoms with Crippen LogP contribution in [0.25, 0.3) is 0 Å². The Balaban J connectivity index is 2.97. The van der Waals surface area contributed by atoms with Crippen LogP contribution in [0.4, 0.5) is 0 Å². The quantitative estimate of drug-likeness (QED) is 0.687. The van der Waals surface area contributed by atoms with Gasteiger partial charge in [0.2, 0.25) is 0 Å². The Morgan fingerprint density at radius 1 is 1.31 bits per heavy atom. The van der Waals surface area contributed by atoms with Crippen molar-refractivity contribution in [3.05, 3.63) is 22.8 Å². The van der Waals surface area contributed by atoms with Crippen LogP contribution in [-0.4, -0.2) is 5.78 Å². The number of carbonyl (C=O) groups is 1. The standard InChI is InChI=1S/C15H24O/c1-6-7-8-12-10-13(15(3,4)5)14(16)9-11(12)2/h10H,6-9H2,1-5H3. The fourth-order valence-electron chi connectivity index (χ4n) is 2.12. The van der Waals surface area contributed by atoms with Gasteiger partial charge in [-0.2, -0.15) is 0 Å². The van der Waals surface area contributed by atoms with E-state index in [0.29, 0.717) is 12.2 Å². The average Bonchev–Trinajstić information content (AvgIpc) is 2.14. The minimum absolute atomic E-state index is 0.0186. The SMILES string of the molecule is CCCCC1=C(C)CC(=O)C(C(C)(C)C)=C1. The molecule has 1 aliphatic rings. The van der Waals surface area contributed by atoms with E-state index in [-0.39, 0.29) is 5.41 Å². The lowest BCUT2D eigenvalue weighted by Gasteiger charge is -2.26. The van der Waals surface area contributed by atoms with Gasteiger partial charge in [-0.1, -0.05) is 45.8 Å². The van der Waals surface area contributed by atoms with Gasteiger partial charge in [0.05, 0.1) is 0 Å². The third-order valence-electron chi connectivity index (χ3n) is 3.20. The monoisotopic (exact) mass is 220 g/mol. The summed E-state index contributed by atoms with van der Waals surface area (Å²) in [6, 6.07) is 0. The van der Waals surface area contributed by atoms with Crippen molar-refractivity contribution in [3.8, 4) is 0 Å². The highest BCUT2D eigenvalue weighted by atomic mass is 16.1. The van der Waals surface area contributed by atoms with Crippen LogP contribution in [-0.2, 0) is 4.79 Å². The van der Waals surface area contributed by atoms with E-state index in [9.17, 15) is 4.79 Å². The van der Waals surface area contributed by atoms with Crippen molar-refractivity contribution in [2.45, 2.75) is 60.3 Å². The summed E-state index contributed by atoms with van der Waals surface area (Å²) in [5.41, 5.74) is 3.65. The van der Waals surface area contributed by atoms with Crippen LogP contribution in [0, 0.1) is 5.41 Å². The number of carbonyl (C=O) groups excluding carboxylic acids is 1. The Labute approximate surface area is 99.6 Å². The number of ketones is 1. The summed E-state index contributed by atoms with van der Waals surface area (Å²) in [5, 5.41) is 0. The molecule has 0 aliphatic heterocycles. The van der Waals surface area contributed by atoms with Gasteiger partial charge in [-0.15, -0.1) is 0 Å². The topological polar surface area (TPSA) is 17.1 Å². The van der Waals surface area contributed by atoms with Crippen molar-refractivity contribution in [2.75, 3.05) is 0 Å². The van der Waals surface area contributed by atoms with E-state index in [1.165, 1.54) is 24.0 Å². The molecule has 0 aromatic heterocycles. The predicted octanol–water partition coefficient (Wildman–Crippen LogP) is 4.44. The van der Waals surface area contributed by atoms with Gasteiger partial charge in [-0.3, -0.25) is 4.79 Å². The summed E-state index contributed by atoms with van der Waals surface area (Å²) in [5.74, 6) is 0.310. The Morgan fingerprint density at radius 3 is 2.44 bits per heavy atom. The Bertz CT molecular complexity index is 337. The molecule has 0 spiro atoms. The fraction of sp³-hybridized carbons (Fsp3) is 0.667. The zero-order chi connectivity index (χ0) is 12.3. The fourth-order valence-corrected chi connectivity index (χ4v) is 2.12. The number of Topliss-reactive ketones (excluding diaryl/α,β-unsaturated/α-hetero) is 1. The van der Waals surface area contributed by atoms with Gasteiger partial charge in [-0.25, -0.2) is 0 Å². The molecular formula is C15H24O. The van der Waals surface area contributed by atoms with Gasteiger partial charge >= 0.3 is 0 Å². The number of allylic oxidation sites excluding steroid dienone is 4. The first-order chi connectivity index (χ1) is 7.36. The first kappa shape index (κ1) is 13.2. The third-order valence-corrected chi connectivity index (χ3v) is 3.20. The van der Waals surface area contributed by atoms with Crippen LogP contribution in [0.3, 0.4) is 0 Å². The molecule has 0 atom stereocenters. The van der Waals surface area contributed by atoms with Crippen LogP contribution < -0.4 is 0 Å². The minimum Gasteiger partial charge on any atom is -0.294 e. The summed E-state index contributed by atoms with van der Waals surface area (Å²) in [4.78, 5) is 12.0. The maximum Gasteiger partial charge on any atom is 0.163 e. The maximum atomic E-state index is 12.0. The molecule has 0 fully saturated rings. The lowest BCUT2D eigenvalue weighted by Crippen LogP contribution is -2.21. The molecule has 1 rings (SSSR count). The highest BCUT2D eigenvalue weighted by Crippen LogP contribution is 2.34. The van der Waals surface area contributed by atoms with Crippen LogP contribution in [0.15, 0.2) is 22.8 Å². The van der Waals surface area contributed by atoms with Crippen molar-refractivity contribution in [2.24, 2.45) is 5.41 Å². The van der Waals surface area contributed by atoms with E-state index in [1.807, 2.05) is 0 Å². The lowest BCUT2D eigenvalue weighted by atomic mass is 9.77. The van der Waals surface area contributed by atoms with E-state index in [1.54, 1.807) is 0 Å². The largest absolute Gasteiger partial charge is 0.294 e. The molecule has 90 valence electrons. The molecule has 16 heavy (non-hydrogen) atoms. The van der Waals surface area contributed by atoms with Crippen molar-refractivity contribution >= 4 is 5.78 Å². The molecule has 0 amide bonds. The number of hydrogen-bond donors (Lipinski definition) is 0. The van der Waals surface area contributed by atoms with Crippen molar-refractivity contribution in [3.63, 3.8) is 0 Å². The highest BCUT2D eigenvalue weighted by molar-refractivity contribution is 5.99. The molecule has 0 heterocycles. The molecule has 1 aliphatic carbocycles. The van der Waals surface area contributed by atoms with E-state index >= 15 is 0 Å². The molecule has 0 radical (unpaired) electrons. The van der Waals surface area contributed by atoms with Crippen LogP contribution in [0.2, 0.25) is 0 Å². The minimum atomic E-state index is -0.0186. The Hall–Kier alpha value is -0.850. The maximum absolute atomic E-state index is 12.0. The molecular weight excluding hydrogens is 196 g/mol. The number of rotatable bonds is 3. The van der Waals surface area contributed by atoms with Crippen molar-refractivity contribution < 1.29 is 4.79 Å². The second kappa shape index (κ2) is 4.99. The average molecular weight is 220 g/mol. The first-order valence-corrected chi connectivity index (χ1v) is 6.30. The molecule has 0 saturated heterocycles. The molecule has 1 nitrogen and oxygen atoms in total. The smallest absolute Gasteiger partial charge is 0.163 e. The summed E-state index contributed by atoms with van der Waals surface area (Å²) < 4.78 is 0. The summed E-state index contributed by atoms with van der Waals surface area (Å²) in [6.07, 6.45) is 6.33. The predicted molar refractivity (Wildman–Crippen MR) is 69.4 cm³/mol. The van der Waals surface area contributed by atoms with Gasteiger partial charge in [0.1, 0.15) is 0 Å². The van der Waals surface area contributed by atoms with Crippen LogP contribution in [0.5, 0.6) is 0 Å². The molecule has 0 saturated carbocycles. The van der Waals surface area contributed by atoms with Gasteiger partial charge in [0, 0.05) is 12.0 Å². The van der Waals surface area contributed by atoms with Gasteiger partial charge in [0.15, 0.2) is 5.78 Å².